The van der Waals surface area contributed by atoms with Crippen molar-refractivity contribution < 1.29 is 19.0 Å². The Morgan fingerprint density at radius 2 is 1.76 bits per heavy atom. The van der Waals surface area contributed by atoms with Crippen molar-refractivity contribution in [2.75, 3.05) is 39.5 Å². The third-order valence-electron chi connectivity index (χ3n) is 6.67. The Hall–Kier alpha value is -3.75. The van der Waals surface area contributed by atoms with Crippen LogP contribution in [-0.2, 0) is 22.4 Å². The Bertz CT molecular complexity index is 1360. The number of para-hydroxylation sites is 1. The second-order valence-electron chi connectivity index (χ2n) is 9.44. The number of carbonyl (C=O) groups is 1. The van der Waals surface area contributed by atoms with Crippen LogP contribution in [0.2, 0.25) is 0 Å². The normalized spacial score (nSPS) is 14.1. The number of carbonyl (C=O) groups excluding carboxylic acids is 1. The molecule has 0 atom stereocenters. The Morgan fingerprint density at radius 1 is 1.03 bits per heavy atom. The summed E-state index contributed by atoms with van der Waals surface area (Å²) in [5.41, 5.74) is 3.95. The highest BCUT2D eigenvalue weighted by molar-refractivity contribution is 6.03. The van der Waals surface area contributed by atoms with Gasteiger partial charge in [-0.2, -0.15) is 5.10 Å². The smallest absolute Gasteiger partial charge is 0.339 e. The number of aryl methyl sites for hydroxylation is 2. The number of hydrogen-bond acceptors (Lipinski definition) is 7. The van der Waals surface area contributed by atoms with Gasteiger partial charge in [-0.05, 0) is 69.1 Å². The maximum Gasteiger partial charge on any atom is 0.339 e. The minimum Gasteiger partial charge on any atom is -0.462 e. The number of nitrogens with zero attached hydrogens (tertiary/aromatic N) is 4. The summed E-state index contributed by atoms with van der Waals surface area (Å²) < 4.78 is 18.7. The molecule has 1 aliphatic heterocycles. The molecular formula is C30H34N4O4. The van der Waals surface area contributed by atoms with Gasteiger partial charge < -0.3 is 14.2 Å². The molecule has 2 aromatic heterocycles. The zero-order valence-corrected chi connectivity index (χ0v) is 22.1. The molecule has 0 radical (unpaired) electrons. The van der Waals surface area contributed by atoms with Crippen LogP contribution in [0.3, 0.4) is 0 Å². The number of ether oxygens (including phenoxy) is 3. The van der Waals surface area contributed by atoms with Gasteiger partial charge in [-0.25, -0.2) is 14.5 Å². The molecule has 3 heterocycles. The molecule has 1 saturated heterocycles. The first-order chi connectivity index (χ1) is 18.6. The summed E-state index contributed by atoms with van der Waals surface area (Å²) in [6.07, 6.45) is 1.73. The summed E-state index contributed by atoms with van der Waals surface area (Å²) >= 11 is 0. The van der Waals surface area contributed by atoms with Crippen LogP contribution in [0.25, 0.3) is 11.0 Å². The van der Waals surface area contributed by atoms with Crippen molar-refractivity contribution in [3.8, 4) is 11.5 Å². The van der Waals surface area contributed by atoms with E-state index in [1.54, 1.807) is 0 Å². The summed E-state index contributed by atoms with van der Waals surface area (Å²) in [6.45, 7) is 9.06. The summed E-state index contributed by atoms with van der Waals surface area (Å²) in [6, 6.07) is 19.6. The summed E-state index contributed by atoms with van der Waals surface area (Å²) in [4.78, 5) is 20.3. The van der Waals surface area contributed by atoms with Gasteiger partial charge in [0.15, 0.2) is 5.65 Å². The molecule has 198 valence electrons. The monoisotopic (exact) mass is 514 g/mol. The summed E-state index contributed by atoms with van der Waals surface area (Å²) in [7, 11) is 0. The van der Waals surface area contributed by atoms with E-state index in [-0.39, 0.29) is 5.97 Å². The van der Waals surface area contributed by atoms with Crippen molar-refractivity contribution in [1.82, 2.24) is 19.7 Å². The number of fused-ring (bicyclic) bond motifs is 1. The lowest BCUT2D eigenvalue weighted by molar-refractivity contribution is 0.0374. The minimum atomic E-state index is -0.334. The Kier molecular flexibility index (Phi) is 8.31. The van der Waals surface area contributed by atoms with Crippen LogP contribution in [0.1, 0.15) is 40.7 Å². The third-order valence-corrected chi connectivity index (χ3v) is 6.67. The summed E-state index contributed by atoms with van der Waals surface area (Å²) in [5.74, 6) is 1.23. The van der Waals surface area contributed by atoms with E-state index < -0.39 is 0 Å². The number of hydrogen-bond donors (Lipinski definition) is 0. The van der Waals surface area contributed by atoms with E-state index in [0.29, 0.717) is 24.4 Å². The predicted octanol–water partition coefficient (Wildman–Crippen LogP) is 5.02. The molecule has 2 aromatic carbocycles. The van der Waals surface area contributed by atoms with Gasteiger partial charge in [-0.3, -0.25) is 4.90 Å². The highest BCUT2D eigenvalue weighted by atomic mass is 16.5. The maximum absolute atomic E-state index is 12.9. The Labute approximate surface area is 223 Å². The Morgan fingerprint density at radius 3 is 2.50 bits per heavy atom. The largest absolute Gasteiger partial charge is 0.462 e. The number of rotatable bonds is 10. The molecule has 1 fully saturated rings. The molecule has 38 heavy (non-hydrogen) atoms. The number of morpholine rings is 1. The van der Waals surface area contributed by atoms with Gasteiger partial charge >= 0.3 is 5.97 Å². The fraction of sp³-hybridized carbons (Fsp3) is 0.367. The highest BCUT2D eigenvalue weighted by Crippen LogP contribution is 2.26. The molecule has 1 aliphatic rings. The van der Waals surface area contributed by atoms with Crippen LogP contribution in [0.4, 0.5) is 0 Å². The first kappa shape index (κ1) is 25.9. The van der Waals surface area contributed by atoms with Crippen LogP contribution in [0, 0.1) is 6.92 Å². The molecule has 0 bridgehead atoms. The van der Waals surface area contributed by atoms with Gasteiger partial charge in [0.2, 0.25) is 0 Å². The van der Waals surface area contributed by atoms with Gasteiger partial charge in [-0.15, -0.1) is 0 Å². The summed E-state index contributed by atoms with van der Waals surface area (Å²) in [5, 5.41) is 5.52. The molecule has 0 aliphatic carbocycles. The van der Waals surface area contributed by atoms with E-state index in [0.717, 1.165) is 79.5 Å². The van der Waals surface area contributed by atoms with Gasteiger partial charge in [-0.1, -0.05) is 30.3 Å². The van der Waals surface area contributed by atoms with E-state index in [9.17, 15) is 4.79 Å². The molecule has 5 rings (SSSR count). The Balaban J connectivity index is 1.38. The predicted molar refractivity (Wildman–Crippen MR) is 146 cm³/mol. The lowest BCUT2D eigenvalue weighted by Crippen LogP contribution is -2.36. The van der Waals surface area contributed by atoms with E-state index >= 15 is 0 Å². The molecule has 0 amide bonds. The fourth-order valence-electron chi connectivity index (χ4n) is 4.78. The molecule has 4 aromatic rings. The second kappa shape index (κ2) is 12.2. The van der Waals surface area contributed by atoms with Gasteiger partial charge in [0.1, 0.15) is 11.5 Å². The van der Waals surface area contributed by atoms with Crippen LogP contribution < -0.4 is 4.74 Å². The molecule has 8 heteroatoms. The van der Waals surface area contributed by atoms with Crippen LogP contribution in [0.15, 0.2) is 60.7 Å². The van der Waals surface area contributed by atoms with E-state index in [4.69, 9.17) is 24.3 Å². The number of benzene rings is 2. The second-order valence-corrected chi connectivity index (χ2v) is 9.44. The molecule has 0 unspecified atom stereocenters. The zero-order chi connectivity index (χ0) is 26.3. The van der Waals surface area contributed by atoms with Gasteiger partial charge in [0, 0.05) is 18.8 Å². The van der Waals surface area contributed by atoms with E-state index in [1.807, 2.05) is 79.2 Å². The van der Waals surface area contributed by atoms with Crippen molar-refractivity contribution in [2.24, 2.45) is 0 Å². The number of aromatic nitrogens is 3. The zero-order valence-electron chi connectivity index (χ0n) is 22.1. The molecule has 8 nitrogen and oxygen atoms in total. The number of esters is 1. The fourth-order valence-corrected chi connectivity index (χ4v) is 4.78. The van der Waals surface area contributed by atoms with E-state index in [1.165, 1.54) is 0 Å². The first-order valence-corrected chi connectivity index (χ1v) is 13.3. The van der Waals surface area contributed by atoms with Crippen molar-refractivity contribution in [3.05, 3.63) is 83.2 Å². The topological polar surface area (TPSA) is 78.7 Å². The standard InChI is InChI=1S/C30H34N4O4/c1-3-37-30(35)27-20-24(8-7-15-33-16-18-36-19-17-33)31-29-28(27)22(2)32-34(29)21-23-11-13-26(14-12-23)38-25-9-5-4-6-10-25/h4-6,9-14,20H,3,7-8,15-19,21H2,1-2H3. The minimum absolute atomic E-state index is 0.319. The molecular weight excluding hydrogens is 480 g/mol. The quantitative estimate of drug-likeness (QED) is 0.275. The van der Waals surface area contributed by atoms with Crippen LogP contribution in [-0.4, -0.2) is 65.1 Å². The average Bonchev–Trinajstić information content (AvgIpc) is 3.25. The average molecular weight is 515 g/mol. The first-order valence-electron chi connectivity index (χ1n) is 13.3. The molecule has 0 spiro atoms. The molecule has 0 saturated carbocycles. The number of pyridine rings is 1. The lowest BCUT2D eigenvalue weighted by Gasteiger charge is -2.26. The third kappa shape index (κ3) is 6.20. The van der Waals surface area contributed by atoms with Crippen molar-refractivity contribution in [3.63, 3.8) is 0 Å². The van der Waals surface area contributed by atoms with Gasteiger partial charge in [0.25, 0.3) is 0 Å². The van der Waals surface area contributed by atoms with Crippen molar-refractivity contribution >= 4 is 17.0 Å². The SMILES string of the molecule is CCOC(=O)c1cc(CCCN2CCOCC2)nc2c1c(C)nn2Cc1ccc(Oc2ccccc2)cc1. The maximum atomic E-state index is 12.9. The van der Waals surface area contributed by atoms with Crippen LogP contribution in [0.5, 0.6) is 11.5 Å². The molecule has 0 N–H and O–H groups in total. The van der Waals surface area contributed by atoms with Gasteiger partial charge in [0.05, 0.1) is 43.0 Å². The van der Waals surface area contributed by atoms with E-state index in [2.05, 4.69) is 4.90 Å². The van der Waals surface area contributed by atoms with Crippen molar-refractivity contribution in [2.45, 2.75) is 33.2 Å². The van der Waals surface area contributed by atoms with Crippen molar-refractivity contribution in [1.29, 1.82) is 0 Å². The van der Waals surface area contributed by atoms with Crippen LogP contribution >= 0.6 is 0 Å². The lowest BCUT2D eigenvalue weighted by atomic mass is 10.1. The highest BCUT2D eigenvalue weighted by Gasteiger charge is 2.21.